The summed E-state index contributed by atoms with van der Waals surface area (Å²) in [7, 11) is 0. The van der Waals surface area contributed by atoms with Gasteiger partial charge in [-0.05, 0) is 19.8 Å². The number of carbonyl (C=O) groups is 2. The maximum atomic E-state index is 10.0. The van der Waals surface area contributed by atoms with Crippen LogP contribution in [0.3, 0.4) is 0 Å². The molecule has 0 aromatic carbocycles. The average Bonchev–Trinajstić information content (AvgIpc) is 2.18. The third-order valence-corrected chi connectivity index (χ3v) is 2.00. The molecule has 2 unspecified atom stereocenters. The molecular formula is C10H20O6. The van der Waals surface area contributed by atoms with Gasteiger partial charge in [0.05, 0.1) is 0 Å². The van der Waals surface area contributed by atoms with E-state index in [9.17, 15) is 9.59 Å². The summed E-state index contributed by atoms with van der Waals surface area (Å²) >= 11 is 0. The number of carboxylic acid groups (broad SMARTS) is 2. The molecule has 0 amide bonds. The molecule has 0 bridgehead atoms. The highest BCUT2D eigenvalue weighted by Crippen LogP contribution is 2.06. The first kappa shape index (κ1) is 17.3. The van der Waals surface area contributed by atoms with Crippen molar-refractivity contribution in [2.24, 2.45) is 0 Å². The van der Waals surface area contributed by atoms with Crippen LogP contribution in [0.15, 0.2) is 0 Å². The van der Waals surface area contributed by atoms with Crippen LogP contribution in [-0.2, 0) is 9.59 Å². The fourth-order valence-electron chi connectivity index (χ4n) is 0.548. The molecule has 0 rings (SSSR count). The molecule has 6 heteroatoms. The van der Waals surface area contributed by atoms with E-state index in [-0.39, 0.29) is 6.42 Å². The molecule has 2 atom stereocenters. The van der Waals surface area contributed by atoms with Crippen LogP contribution >= 0.6 is 0 Å². The Morgan fingerprint density at radius 2 is 1.69 bits per heavy atom. The number of hydrogen-bond acceptors (Lipinski definition) is 4. The Hall–Kier alpha value is -1.14. The predicted molar refractivity (Wildman–Crippen MR) is 57.1 cm³/mol. The molecule has 96 valence electrons. The summed E-state index contributed by atoms with van der Waals surface area (Å²) in [5.41, 5.74) is -1.54. The van der Waals surface area contributed by atoms with E-state index in [2.05, 4.69) is 0 Å². The van der Waals surface area contributed by atoms with Gasteiger partial charge in [-0.2, -0.15) is 0 Å². The van der Waals surface area contributed by atoms with E-state index in [0.717, 1.165) is 0 Å². The SMILES string of the molecule is CCC(C)(O)C(=O)O.CCCC(O)C(=O)O. The molecule has 0 spiro atoms. The molecule has 0 fully saturated rings. The number of aliphatic hydroxyl groups excluding tert-OH is 1. The Morgan fingerprint density at radius 3 is 1.75 bits per heavy atom. The van der Waals surface area contributed by atoms with Crippen LogP contribution in [0.1, 0.15) is 40.0 Å². The monoisotopic (exact) mass is 236 g/mol. The first-order chi connectivity index (χ1) is 7.18. The average molecular weight is 236 g/mol. The first-order valence-corrected chi connectivity index (χ1v) is 5.05. The summed E-state index contributed by atoms with van der Waals surface area (Å²) in [5.74, 6) is -2.30. The van der Waals surface area contributed by atoms with Crippen LogP contribution in [-0.4, -0.2) is 44.1 Å². The fourth-order valence-corrected chi connectivity index (χ4v) is 0.548. The van der Waals surface area contributed by atoms with Gasteiger partial charge in [-0.25, -0.2) is 9.59 Å². The fraction of sp³-hybridized carbons (Fsp3) is 0.800. The summed E-state index contributed by atoms with van der Waals surface area (Å²) in [6, 6.07) is 0. The highest BCUT2D eigenvalue weighted by atomic mass is 16.4. The number of rotatable bonds is 5. The molecule has 0 aliphatic carbocycles. The Balaban J connectivity index is 0. The van der Waals surface area contributed by atoms with Crippen LogP contribution in [0, 0.1) is 0 Å². The maximum Gasteiger partial charge on any atom is 0.335 e. The quantitative estimate of drug-likeness (QED) is 0.551. The Kier molecular flexibility index (Phi) is 8.70. The second-order valence-corrected chi connectivity index (χ2v) is 3.58. The van der Waals surface area contributed by atoms with Crippen molar-refractivity contribution in [3.05, 3.63) is 0 Å². The highest BCUT2D eigenvalue weighted by Gasteiger charge is 2.26. The van der Waals surface area contributed by atoms with Crippen molar-refractivity contribution in [2.75, 3.05) is 0 Å². The minimum absolute atomic E-state index is 0.238. The molecule has 0 aliphatic rings. The van der Waals surface area contributed by atoms with E-state index in [0.29, 0.717) is 12.8 Å². The molecule has 6 nitrogen and oxygen atoms in total. The van der Waals surface area contributed by atoms with E-state index in [4.69, 9.17) is 20.4 Å². The lowest BCUT2D eigenvalue weighted by molar-refractivity contribution is -0.156. The summed E-state index contributed by atoms with van der Waals surface area (Å²) in [6.45, 7) is 4.72. The molecule has 0 radical (unpaired) electrons. The van der Waals surface area contributed by atoms with Gasteiger partial charge in [-0.3, -0.25) is 0 Å². The van der Waals surface area contributed by atoms with Crippen LogP contribution in [0.5, 0.6) is 0 Å². The van der Waals surface area contributed by atoms with Gasteiger partial charge in [-0.1, -0.05) is 20.3 Å². The molecule has 0 heterocycles. The van der Waals surface area contributed by atoms with Gasteiger partial charge in [0.2, 0.25) is 0 Å². The van der Waals surface area contributed by atoms with Crippen LogP contribution in [0.2, 0.25) is 0 Å². The van der Waals surface area contributed by atoms with Crippen LogP contribution in [0.25, 0.3) is 0 Å². The van der Waals surface area contributed by atoms with Gasteiger partial charge in [0.25, 0.3) is 0 Å². The summed E-state index contributed by atoms with van der Waals surface area (Å²) in [6.07, 6.45) is 0.116. The minimum atomic E-state index is -1.54. The molecule has 16 heavy (non-hydrogen) atoms. The number of aliphatic carboxylic acids is 2. The normalized spacial score (nSPS) is 15.3. The minimum Gasteiger partial charge on any atom is -0.479 e. The summed E-state index contributed by atoms with van der Waals surface area (Å²) < 4.78 is 0. The Labute approximate surface area is 94.5 Å². The van der Waals surface area contributed by atoms with Gasteiger partial charge >= 0.3 is 11.9 Å². The predicted octanol–water partition coefficient (Wildman–Crippen LogP) is 0.464. The molecule has 0 saturated heterocycles. The third kappa shape index (κ3) is 8.19. The van der Waals surface area contributed by atoms with Gasteiger partial charge in [0.1, 0.15) is 0 Å². The van der Waals surface area contributed by atoms with E-state index < -0.39 is 23.6 Å². The van der Waals surface area contributed by atoms with Crippen molar-refractivity contribution >= 4 is 11.9 Å². The smallest absolute Gasteiger partial charge is 0.335 e. The van der Waals surface area contributed by atoms with Crippen molar-refractivity contribution in [3.63, 3.8) is 0 Å². The molecule has 4 N–H and O–H groups in total. The van der Waals surface area contributed by atoms with Crippen molar-refractivity contribution in [3.8, 4) is 0 Å². The maximum absolute atomic E-state index is 10.0. The van der Waals surface area contributed by atoms with Crippen LogP contribution < -0.4 is 0 Å². The van der Waals surface area contributed by atoms with Gasteiger partial charge in [0, 0.05) is 0 Å². The Morgan fingerprint density at radius 1 is 1.25 bits per heavy atom. The van der Waals surface area contributed by atoms with E-state index >= 15 is 0 Å². The zero-order valence-corrected chi connectivity index (χ0v) is 9.80. The number of hydrogen-bond donors (Lipinski definition) is 4. The lowest BCUT2D eigenvalue weighted by atomic mass is 10.1. The molecule has 0 aromatic rings. The first-order valence-electron chi connectivity index (χ1n) is 5.05. The molecule has 0 saturated carbocycles. The van der Waals surface area contributed by atoms with Crippen LogP contribution in [0.4, 0.5) is 0 Å². The standard InChI is InChI=1S/2C5H10O3/c1-3-5(2,8)4(6)7;1-2-3-4(6)5(7)8/h8H,3H2,1-2H3,(H,6,7);4,6H,2-3H2,1H3,(H,7,8). The zero-order valence-electron chi connectivity index (χ0n) is 9.80. The van der Waals surface area contributed by atoms with Crippen molar-refractivity contribution in [2.45, 2.75) is 51.7 Å². The topological polar surface area (TPSA) is 115 Å². The largest absolute Gasteiger partial charge is 0.479 e. The summed E-state index contributed by atoms with van der Waals surface area (Å²) in [5, 5.41) is 33.6. The zero-order chi connectivity index (χ0) is 13.4. The van der Waals surface area contributed by atoms with Gasteiger partial charge in [0.15, 0.2) is 11.7 Å². The molecular weight excluding hydrogens is 216 g/mol. The van der Waals surface area contributed by atoms with Crippen molar-refractivity contribution in [1.29, 1.82) is 0 Å². The second-order valence-electron chi connectivity index (χ2n) is 3.58. The van der Waals surface area contributed by atoms with Crippen molar-refractivity contribution in [1.82, 2.24) is 0 Å². The number of carboxylic acids is 2. The van der Waals surface area contributed by atoms with E-state index in [1.54, 1.807) is 6.92 Å². The summed E-state index contributed by atoms with van der Waals surface area (Å²) in [4.78, 5) is 19.8. The van der Waals surface area contributed by atoms with Crippen molar-refractivity contribution < 1.29 is 30.0 Å². The lowest BCUT2D eigenvalue weighted by Gasteiger charge is -2.13. The number of aliphatic hydroxyl groups is 2. The third-order valence-electron chi connectivity index (χ3n) is 2.00. The molecule has 0 aromatic heterocycles. The highest BCUT2D eigenvalue weighted by molar-refractivity contribution is 5.76. The Bertz CT molecular complexity index is 223. The van der Waals surface area contributed by atoms with E-state index in [1.807, 2.05) is 6.92 Å². The molecule has 0 aliphatic heterocycles. The van der Waals surface area contributed by atoms with Gasteiger partial charge < -0.3 is 20.4 Å². The van der Waals surface area contributed by atoms with Gasteiger partial charge in [-0.15, -0.1) is 0 Å². The second kappa shape index (κ2) is 8.06. The van der Waals surface area contributed by atoms with E-state index in [1.165, 1.54) is 6.92 Å². The lowest BCUT2D eigenvalue weighted by Crippen LogP contribution is -2.33.